The second-order valence-corrected chi connectivity index (χ2v) is 9.05. The highest BCUT2D eigenvalue weighted by molar-refractivity contribution is 7.89. The number of ether oxygens (including phenoxy) is 3. The third-order valence-corrected chi connectivity index (χ3v) is 5.74. The number of hydrogen-bond donors (Lipinski definition) is 2. The summed E-state index contributed by atoms with van der Waals surface area (Å²) in [5.74, 6) is -0.0711. The maximum atomic E-state index is 12.4. The van der Waals surface area contributed by atoms with Gasteiger partial charge in [0.15, 0.2) is 11.5 Å². The van der Waals surface area contributed by atoms with E-state index in [0.29, 0.717) is 24.5 Å². The van der Waals surface area contributed by atoms with E-state index in [1.165, 1.54) is 33.3 Å². The third-order valence-electron chi connectivity index (χ3n) is 4.37. The Morgan fingerprint density at radius 3 is 2.45 bits per heavy atom. The molecule has 0 radical (unpaired) electrons. The van der Waals surface area contributed by atoms with Crippen molar-refractivity contribution in [2.45, 2.75) is 33.2 Å². The minimum atomic E-state index is -3.49. The monoisotopic (exact) mass is 456 g/mol. The molecule has 0 aromatic heterocycles. The number of carbonyl (C=O) groups is 2. The average molecular weight is 457 g/mol. The van der Waals surface area contributed by atoms with Crippen LogP contribution < -0.4 is 19.5 Å². The molecule has 0 aliphatic carbocycles. The van der Waals surface area contributed by atoms with Gasteiger partial charge in [-0.25, -0.2) is 17.9 Å². The Balaban J connectivity index is 2.65. The number of methoxy groups -OCH3 is 2. The first-order valence-electron chi connectivity index (χ1n) is 9.95. The van der Waals surface area contributed by atoms with Crippen molar-refractivity contribution in [1.29, 1.82) is 0 Å². The summed E-state index contributed by atoms with van der Waals surface area (Å²) < 4.78 is 41.5. The molecule has 0 saturated heterocycles. The molecule has 1 amide bonds. The lowest BCUT2D eigenvalue weighted by Crippen LogP contribution is -2.50. The second-order valence-electron chi connectivity index (χ2n) is 7.01. The van der Waals surface area contributed by atoms with E-state index in [9.17, 15) is 18.0 Å². The van der Waals surface area contributed by atoms with Crippen molar-refractivity contribution >= 4 is 21.9 Å². The molecule has 1 aromatic rings. The van der Waals surface area contributed by atoms with E-state index in [4.69, 9.17) is 9.47 Å². The molecule has 174 valence electrons. The largest absolute Gasteiger partial charge is 0.493 e. The average Bonchev–Trinajstić information content (AvgIpc) is 2.75. The lowest BCUT2D eigenvalue weighted by atomic mass is 10.0. The zero-order valence-electron chi connectivity index (χ0n) is 18.6. The lowest BCUT2D eigenvalue weighted by Gasteiger charge is -2.21. The maximum Gasteiger partial charge on any atom is 0.330 e. The van der Waals surface area contributed by atoms with Gasteiger partial charge in [0.1, 0.15) is 12.6 Å². The van der Waals surface area contributed by atoms with E-state index in [1.807, 2.05) is 6.07 Å². The van der Waals surface area contributed by atoms with Crippen molar-refractivity contribution < 1.29 is 32.2 Å². The first kappa shape index (κ1) is 26.4. The molecule has 0 heterocycles. The van der Waals surface area contributed by atoms with Gasteiger partial charge in [0.05, 0.1) is 20.0 Å². The van der Waals surface area contributed by atoms with Crippen LogP contribution in [0.3, 0.4) is 0 Å². The summed E-state index contributed by atoms with van der Waals surface area (Å²) in [6.45, 7) is 5.60. The predicted octanol–water partition coefficient (Wildman–Crippen LogP) is 1.43. The van der Waals surface area contributed by atoms with Gasteiger partial charge in [0.2, 0.25) is 15.9 Å². The Morgan fingerprint density at radius 1 is 1.16 bits per heavy atom. The number of carbonyl (C=O) groups excluding carboxylic acids is 2. The molecule has 1 unspecified atom stereocenters. The molecule has 0 aliphatic rings. The van der Waals surface area contributed by atoms with Crippen LogP contribution in [0.25, 0.3) is 0 Å². The minimum absolute atomic E-state index is 0.0871. The van der Waals surface area contributed by atoms with Crippen molar-refractivity contribution in [3.63, 3.8) is 0 Å². The first-order chi connectivity index (χ1) is 14.6. The summed E-state index contributed by atoms with van der Waals surface area (Å²) in [4.78, 5) is 23.5. The highest BCUT2D eigenvalue weighted by atomic mass is 32.2. The summed E-state index contributed by atoms with van der Waals surface area (Å²) in [6.07, 6.45) is 3.33. The smallest absolute Gasteiger partial charge is 0.330 e. The molecule has 10 heteroatoms. The van der Waals surface area contributed by atoms with Gasteiger partial charge in [0, 0.05) is 12.6 Å². The van der Waals surface area contributed by atoms with E-state index in [1.54, 1.807) is 26.0 Å². The van der Waals surface area contributed by atoms with Gasteiger partial charge in [-0.3, -0.25) is 4.79 Å². The Hall–Kier alpha value is -2.59. The summed E-state index contributed by atoms with van der Waals surface area (Å²) in [5, 5.41) is 2.78. The highest BCUT2D eigenvalue weighted by Gasteiger charge is 2.26. The van der Waals surface area contributed by atoms with E-state index >= 15 is 0 Å². The fourth-order valence-electron chi connectivity index (χ4n) is 2.55. The van der Waals surface area contributed by atoms with Crippen molar-refractivity contribution in [2.24, 2.45) is 5.92 Å². The van der Waals surface area contributed by atoms with Crippen LogP contribution in [0.2, 0.25) is 0 Å². The van der Waals surface area contributed by atoms with Crippen molar-refractivity contribution in [3.8, 4) is 11.5 Å². The minimum Gasteiger partial charge on any atom is -0.493 e. The number of hydrogen-bond acceptors (Lipinski definition) is 7. The van der Waals surface area contributed by atoms with Crippen LogP contribution in [0.4, 0.5) is 0 Å². The van der Waals surface area contributed by atoms with Crippen molar-refractivity contribution in [3.05, 3.63) is 35.9 Å². The Morgan fingerprint density at radius 2 is 1.87 bits per heavy atom. The zero-order valence-corrected chi connectivity index (χ0v) is 19.5. The van der Waals surface area contributed by atoms with Crippen molar-refractivity contribution in [1.82, 2.24) is 10.0 Å². The molecule has 0 spiro atoms. The van der Waals surface area contributed by atoms with Crippen LogP contribution in [0.5, 0.6) is 11.5 Å². The summed E-state index contributed by atoms with van der Waals surface area (Å²) in [7, 11) is -0.673. The molecule has 0 saturated carbocycles. The first-order valence-corrected chi connectivity index (χ1v) is 11.6. The van der Waals surface area contributed by atoms with Gasteiger partial charge < -0.3 is 19.5 Å². The normalized spacial score (nSPS) is 12.6. The van der Waals surface area contributed by atoms with Crippen LogP contribution in [-0.2, 0) is 30.8 Å². The molecule has 0 fully saturated rings. The summed E-state index contributed by atoms with van der Waals surface area (Å²) in [6, 6.07) is 4.56. The molecular formula is C21H32N2O7S. The number of sulfonamides is 1. The van der Waals surface area contributed by atoms with Gasteiger partial charge in [-0.05, 0) is 43.0 Å². The van der Waals surface area contributed by atoms with Gasteiger partial charge in [-0.2, -0.15) is 0 Å². The number of amides is 1. The molecule has 0 bridgehead atoms. The standard InChI is InChI=1S/C21H32N2O7S/c1-6-31(26,27)23-20(15(2)3)21(25)22-12-11-16-9-10-17(18(14-16)28-4)30-13-7-8-19(24)29-5/h7-10,14-15,20,23H,6,11-13H2,1-5H3,(H,22,25)/b8-7+. The van der Waals surface area contributed by atoms with E-state index in [0.717, 1.165) is 5.56 Å². The van der Waals surface area contributed by atoms with Crippen LogP contribution in [0, 0.1) is 5.92 Å². The lowest BCUT2D eigenvalue weighted by molar-refractivity contribution is -0.134. The SMILES string of the molecule is CCS(=O)(=O)NC(C(=O)NCCc1ccc(OC/C=C/C(=O)OC)c(OC)c1)C(C)C. The molecule has 9 nitrogen and oxygen atoms in total. The molecule has 1 aromatic carbocycles. The number of esters is 1. The van der Waals surface area contributed by atoms with Gasteiger partial charge >= 0.3 is 5.97 Å². The number of benzene rings is 1. The fraction of sp³-hybridized carbons (Fsp3) is 0.524. The highest BCUT2D eigenvalue weighted by Crippen LogP contribution is 2.28. The Bertz CT molecular complexity index is 866. The zero-order chi connectivity index (χ0) is 23.4. The Labute approximate surface area is 184 Å². The second kappa shape index (κ2) is 13.0. The molecule has 0 aliphatic heterocycles. The summed E-state index contributed by atoms with van der Waals surface area (Å²) >= 11 is 0. The predicted molar refractivity (Wildman–Crippen MR) is 118 cm³/mol. The summed E-state index contributed by atoms with van der Waals surface area (Å²) in [5.41, 5.74) is 0.907. The maximum absolute atomic E-state index is 12.4. The van der Waals surface area contributed by atoms with Gasteiger partial charge in [0.25, 0.3) is 0 Å². The molecular weight excluding hydrogens is 424 g/mol. The van der Waals surface area contributed by atoms with E-state index < -0.39 is 22.0 Å². The van der Waals surface area contributed by atoms with Crippen molar-refractivity contribution in [2.75, 3.05) is 33.1 Å². The molecule has 1 atom stereocenters. The van der Waals surface area contributed by atoms with Crippen LogP contribution in [-0.4, -0.2) is 59.5 Å². The number of nitrogens with one attached hydrogen (secondary N) is 2. The molecule has 31 heavy (non-hydrogen) atoms. The van der Waals surface area contributed by atoms with Gasteiger partial charge in [-0.15, -0.1) is 0 Å². The van der Waals surface area contributed by atoms with E-state index in [2.05, 4.69) is 14.8 Å². The van der Waals surface area contributed by atoms with E-state index in [-0.39, 0.29) is 24.2 Å². The Kier molecular flexibility index (Phi) is 11.1. The van der Waals surface area contributed by atoms with Crippen LogP contribution in [0.1, 0.15) is 26.3 Å². The number of rotatable bonds is 13. The molecule has 1 rings (SSSR count). The third kappa shape index (κ3) is 9.39. The van der Waals surface area contributed by atoms with Gasteiger partial charge in [-0.1, -0.05) is 19.9 Å². The fourth-order valence-corrected chi connectivity index (χ4v) is 3.48. The van der Waals surface area contributed by atoms with Crippen LogP contribution in [0.15, 0.2) is 30.4 Å². The molecule has 2 N–H and O–H groups in total. The quantitative estimate of drug-likeness (QED) is 0.340. The topological polar surface area (TPSA) is 120 Å². The van der Waals surface area contributed by atoms with Crippen LogP contribution >= 0.6 is 0 Å².